The lowest BCUT2D eigenvalue weighted by Crippen LogP contribution is -2.27. The largest absolute Gasteiger partial charge is 0.490 e. The molecule has 1 aliphatic heterocycles. The molecule has 0 saturated carbocycles. The molecule has 0 unspecified atom stereocenters. The minimum atomic E-state index is -0.239. The van der Waals surface area contributed by atoms with Crippen molar-refractivity contribution in [3.05, 3.63) is 66.2 Å². The highest BCUT2D eigenvalue weighted by atomic mass is 16.5. The van der Waals surface area contributed by atoms with Gasteiger partial charge >= 0.3 is 0 Å². The zero-order valence-corrected chi connectivity index (χ0v) is 15.5. The summed E-state index contributed by atoms with van der Waals surface area (Å²) in [5, 5.41) is 2.97. The molecule has 0 spiro atoms. The van der Waals surface area contributed by atoms with E-state index in [0.29, 0.717) is 30.4 Å². The highest BCUT2D eigenvalue weighted by molar-refractivity contribution is 5.94. The topological polar surface area (TPSA) is 86.2 Å². The van der Waals surface area contributed by atoms with Crippen molar-refractivity contribution in [1.29, 1.82) is 0 Å². The Labute approximate surface area is 162 Å². The van der Waals surface area contributed by atoms with Crippen molar-refractivity contribution in [2.45, 2.75) is 19.4 Å². The lowest BCUT2D eigenvalue weighted by molar-refractivity contribution is 0.0939. The molecule has 0 radical (unpaired) electrons. The van der Waals surface area contributed by atoms with Gasteiger partial charge in [0.1, 0.15) is 0 Å². The predicted molar refractivity (Wildman–Crippen MR) is 103 cm³/mol. The third kappa shape index (κ3) is 3.93. The minimum absolute atomic E-state index is 0.206. The maximum absolute atomic E-state index is 12.6. The average Bonchev–Trinajstić information content (AvgIpc) is 2.99. The Bertz CT molecular complexity index is 961. The first-order chi connectivity index (χ1) is 13.7. The van der Waals surface area contributed by atoms with Crippen LogP contribution in [0.4, 0.5) is 0 Å². The van der Waals surface area contributed by atoms with E-state index in [-0.39, 0.29) is 11.9 Å². The number of ether oxygens (including phenoxy) is 2. The minimum Gasteiger partial charge on any atom is -0.490 e. The van der Waals surface area contributed by atoms with E-state index in [1.165, 1.54) is 12.4 Å². The molecule has 3 heterocycles. The second-order valence-electron chi connectivity index (χ2n) is 6.49. The summed E-state index contributed by atoms with van der Waals surface area (Å²) in [7, 11) is 0. The third-order valence-corrected chi connectivity index (χ3v) is 4.45. The van der Waals surface area contributed by atoms with E-state index in [4.69, 9.17) is 9.47 Å². The van der Waals surface area contributed by atoms with Crippen molar-refractivity contribution in [3.8, 4) is 22.9 Å². The number of fused-ring (bicyclic) bond motifs is 1. The summed E-state index contributed by atoms with van der Waals surface area (Å²) in [6.45, 7) is 3.19. The second-order valence-corrected chi connectivity index (χ2v) is 6.49. The Morgan fingerprint density at radius 1 is 1.07 bits per heavy atom. The molecular weight excluding hydrogens is 356 g/mol. The molecule has 1 aliphatic rings. The van der Waals surface area contributed by atoms with Crippen LogP contribution < -0.4 is 14.8 Å². The number of aromatic nitrogens is 3. The van der Waals surface area contributed by atoms with Crippen molar-refractivity contribution < 1.29 is 14.3 Å². The van der Waals surface area contributed by atoms with E-state index in [9.17, 15) is 4.79 Å². The van der Waals surface area contributed by atoms with Gasteiger partial charge in [0.25, 0.3) is 5.91 Å². The van der Waals surface area contributed by atoms with Crippen LogP contribution in [0.3, 0.4) is 0 Å². The maximum atomic E-state index is 12.6. The number of carbonyl (C=O) groups is 1. The Hall–Kier alpha value is -3.48. The first-order valence-corrected chi connectivity index (χ1v) is 9.13. The highest BCUT2D eigenvalue weighted by Crippen LogP contribution is 2.32. The van der Waals surface area contributed by atoms with Crippen LogP contribution in [-0.2, 0) is 0 Å². The number of rotatable bonds is 4. The number of pyridine rings is 1. The van der Waals surface area contributed by atoms with E-state index in [1.54, 1.807) is 12.4 Å². The van der Waals surface area contributed by atoms with Gasteiger partial charge in [-0.1, -0.05) is 6.07 Å². The quantitative estimate of drug-likeness (QED) is 0.753. The highest BCUT2D eigenvalue weighted by Gasteiger charge is 2.16. The fourth-order valence-electron chi connectivity index (χ4n) is 2.90. The smallest absolute Gasteiger partial charge is 0.254 e. The first-order valence-electron chi connectivity index (χ1n) is 9.13. The van der Waals surface area contributed by atoms with Gasteiger partial charge in [-0.25, -0.2) is 9.97 Å². The van der Waals surface area contributed by atoms with Crippen LogP contribution in [0.25, 0.3) is 11.4 Å². The number of hydrogen-bond acceptors (Lipinski definition) is 6. The number of hydrogen-bond donors (Lipinski definition) is 1. The molecule has 1 aromatic carbocycles. The van der Waals surface area contributed by atoms with Gasteiger partial charge in [0.2, 0.25) is 0 Å². The zero-order chi connectivity index (χ0) is 19.3. The molecule has 0 bridgehead atoms. The zero-order valence-electron chi connectivity index (χ0n) is 15.5. The van der Waals surface area contributed by atoms with Gasteiger partial charge in [-0.05, 0) is 36.8 Å². The molecular formula is C21H20N4O3. The molecule has 7 heteroatoms. The predicted octanol–water partition coefficient (Wildman–Crippen LogP) is 3.19. The summed E-state index contributed by atoms with van der Waals surface area (Å²) in [6.07, 6.45) is 7.26. The van der Waals surface area contributed by atoms with Crippen molar-refractivity contribution >= 4 is 5.91 Å². The number of nitrogens with zero attached hydrogens (tertiary/aromatic N) is 3. The summed E-state index contributed by atoms with van der Waals surface area (Å²) in [5.41, 5.74) is 2.13. The van der Waals surface area contributed by atoms with Crippen LogP contribution in [0.5, 0.6) is 11.5 Å². The summed E-state index contributed by atoms with van der Waals surface area (Å²) in [4.78, 5) is 25.1. The van der Waals surface area contributed by atoms with Gasteiger partial charge in [0.15, 0.2) is 17.3 Å². The summed E-state index contributed by atoms with van der Waals surface area (Å²) < 4.78 is 11.4. The number of carbonyl (C=O) groups excluding carboxylic acids is 1. The van der Waals surface area contributed by atoms with E-state index in [1.807, 2.05) is 37.3 Å². The molecule has 3 aromatic rings. The molecule has 142 valence electrons. The Morgan fingerprint density at radius 2 is 1.86 bits per heavy atom. The molecule has 1 N–H and O–H groups in total. The number of benzene rings is 1. The van der Waals surface area contributed by atoms with E-state index in [2.05, 4.69) is 20.3 Å². The lowest BCUT2D eigenvalue weighted by Gasteiger charge is -2.16. The molecule has 1 atom stereocenters. The standard InChI is InChI=1S/C21H20N4O3/c1-14(15-5-6-18-19(10-15)28-9-3-8-27-18)25-21(26)17-12-23-20(24-13-17)16-4-2-7-22-11-16/h2,4-7,10-14H,3,8-9H2,1H3,(H,25,26)/t14-/m0/s1. The SMILES string of the molecule is C[C@H](NC(=O)c1cnc(-c2cccnc2)nc1)c1ccc2c(c1)OCCCO2. The number of amides is 1. The van der Waals surface area contributed by atoms with Gasteiger partial charge in [-0.3, -0.25) is 9.78 Å². The monoisotopic (exact) mass is 376 g/mol. The third-order valence-electron chi connectivity index (χ3n) is 4.45. The molecule has 28 heavy (non-hydrogen) atoms. The van der Waals surface area contributed by atoms with E-state index in [0.717, 1.165) is 23.3 Å². The van der Waals surface area contributed by atoms with Crippen LogP contribution in [0.1, 0.15) is 35.3 Å². The Kier molecular flexibility index (Phi) is 5.14. The van der Waals surface area contributed by atoms with Crippen LogP contribution in [0.2, 0.25) is 0 Å². The van der Waals surface area contributed by atoms with E-state index < -0.39 is 0 Å². The van der Waals surface area contributed by atoms with Gasteiger partial charge in [0.05, 0.1) is 24.8 Å². The normalized spacial score (nSPS) is 14.0. The number of nitrogens with one attached hydrogen (secondary N) is 1. The molecule has 0 fully saturated rings. The van der Waals surface area contributed by atoms with Gasteiger partial charge < -0.3 is 14.8 Å². The molecule has 1 amide bonds. The second kappa shape index (κ2) is 8.04. The average molecular weight is 376 g/mol. The van der Waals surface area contributed by atoms with Gasteiger partial charge in [-0.2, -0.15) is 0 Å². The van der Waals surface area contributed by atoms with Crippen LogP contribution in [-0.4, -0.2) is 34.1 Å². The molecule has 0 saturated heterocycles. The molecule has 0 aliphatic carbocycles. The fraction of sp³-hybridized carbons (Fsp3) is 0.238. The molecule has 4 rings (SSSR count). The fourth-order valence-corrected chi connectivity index (χ4v) is 2.90. The van der Waals surface area contributed by atoms with Crippen molar-refractivity contribution in [2.24, 2.45) is 0 Å². The lowest BCUT2D eigenvalue weighted by atomic mass is 10.1. The first kappa shape index (κ1) is 17.9. The van der Waals surface area contributed by atoms with Crippen molar-refractivity contribution in [1.82, 2.24) is 20.3 Å². The van der Waals surface area contributed by atoms with Gasteiger partial charge in [0, 0.05) is 36.8 Å². The maximum Gasteiger partial charge on any atom is 0.254 e. The van der Waals surface area contributed by atoms with Crippen molar-refractivity contribution in [3.63, 3.8) is 0 Å². The summed E-state index contributed by atoms with van der Waals surface area (Å²) in [6, 6.07) is 9.20. The van der Waals surface area contributed by atoms with E-state index >= 15 is 0 Å². The summed E-state index contributed by atoms with van der Waals surface area (Å²) >= 11 is 0. The van der Waals surface area contributed by atoms with Crippen LogP contribution in [0.15, 0.2) is 55.1 Å². The van der Waals surface area contributed by atoms with Crippen LogP contribution in [0, 0.1) is 0 Å². The van der Waals surface area contributed by atoms with Crippen molar-refractivity contribution in [2.75, 3.05) is 13.2 Å². The van der Waals surface area contributed by atoms with Crippen LogP contribution >= 0.6 is 0 Å². The Balaban J connectivity index is 1.45. The Morgan fingerprint density at radius 3 is 2.61 bits per heavy atom. The molecule has 7 nitrogen and oxygen atoms in total. The van der Waals surface area contributed by atoms with Gasteiger partial charge in [-0.15, -0.1) is 0 Å². The molecule has 2 aromatic heterocycles. The summed E-state index contributed by atoms with van der Waals surface area (Å²) in [5.74, 6) is 1.73.